The summed E-state index contributed by atoms with van der Waals surface area (Å²) in [6.07, 6.45) is 3.39. The van der Waals surface area contributed by atoms with Crippen molar-refractivity contribution < 1.29 is 9.53 Å². The minimum Gasteiger partial charge on any atom is -0.444 e. The van der Waals surface area contributed by atoms with E-state index in [4.69, 9.17) is 4.74 Å². The summed E-state index contributed by atoms with van der Waals surface area (Å²) in [6, 6.07) is 0.305. The van der Waals surface area contributed by atoms with Gasteiger partial charge in [0, 0.05) is 6.04 Å². The van der Waals surface area contributed by atoms with Gasteiger partial charge in [0.25, 0.3) is 0 Å². The molecular weight excluding hydrogens is 216 g/mol. The van der Waals surface area contributed by atoms with E-state index in [0.717, 1.165) is 19.5 Å². The molecule has 2 unspecified atom stereocenters. The van der Waals surface area contributed by atoms with Crippen LogP contribution in [0.2, 0.25) is 0 Å². The predicted octanol–water partition coefficient (Wildman–Crippen LogP) is 1.90. The molecule has 98 valence electrons. The molecule has 2 fully saturated rings. The fourth-order valence-corrected chi connectivity index (χ4v) is 2.50. The molecule has 0 bridgehead atoms. The largest absolute Gasteiger partial charge is 0.444 e. The Labute approximate surface area is 103 Å². The first kappa shape index (κ1) is 12.7. The maximum Gasteiger partial charge on any atom is 0.407 e. The van der Waals surface area contributed by atoms with Crippen molar-refractivity contribution in [2.75, 3.05) is 13.1 Å². The monoisotopic (exact) mass is 240 g/mol. The fourth-order valence-electron chi connectivity index (χ4n) is 2.50. The van der Waals surface area contributed by atoms with Gasteiger partial charge in [0.05, 0.1) is 0 Å². The molecule has 0 aromatic heterocycles. The van der Waals surface area contributed by atoms with Gasteiger partial charge in [-0.15, -0.1) is 0 Å². The molecule has 0 spiro atoms. The van der Waals surface area contributed by atoms with E-state index in [9.17, 15) is 4.79 Å². The summed E-state index contributed by atoms with van der Waals surface area (Å²) in [4.78, 5) is 11.8. The Morgan fingerprint density at radius 3 is 2.47 bits per heavy atom. The van der Waals surface area contributed by atoms with Crippen LogP contribution in [-0.4, -0.2) is 30.8 Å². The van der Waals surface area contributed by atoms with Crippen LogP contribution in [0.4, 0.5) is 4.79 Å². The molecule has 1 saturated carbocycles. The van der Waals surface area contributed by atoms with Crippen molar-refractivity contribution >= 4 is 6.09 Å². The number of alkyl carbamates (subject to hydrolysis) is 1. The fraction of sp³-hybridized carbons (Fsp3) is 0.923. The van der Waals surface area contributed by atoms with Crippen molar-refractivity contribution in [2.45, 2.75) is 51.7 Å². The van der Waals surface area contributed by atoms with Gasteiger partial charge in [-0.05, 0) is 65.0 Å². The number of amides is 1. The number of nitrogens with one attached hydrogen (secondary N) is 2. The Morgan fingerprint density at radius 2 is 2.00 bits per heavy atom. The third-order valence-corrected chi connectivity index (χ3v) is 3.42. The van der Waals surface area contributed by atoms with Crippen LogP contribution >= 0.6 is 0 Å². The number of hydrogen-bond donors (Lipinski definition) is 2. The van der Waals surface area contributed by atoms with Crippen molar-refractivity contribution in [1.29, 1.82) is 0 Å². The first-order chi connectivity index (χ1) is 7.96. The van der Waals surface area contributed by atoms with Crippen LogP contribution < -0.4 is 10.6 Å². The van der Waals surface area contributed by atoms with Gasteiger partial charge in [0.15, 0.2) is 0 Å². The minimum atomic E-state index is -0.411. The zero-order valence-corrected chi connectivity index (χ0v) is 11.1. The normalized spacial score (nSPS) is 26.6. The third kappa shape index (κ3) is 3.87. The highest BCUT2D eigenvalue weighted by molar-refractivity contribution is 5.68. The summed E-state index contributed by atoms with van der Waals surface area (Å²) in [5, 5.41) is 6.44. The Balaban J connectivity index is 1.86. The zero-order chi connectivity index (χ0) is 12.5. The van der Waals surface area contributed by atoms with Gasteiger partial charge in [0.2, 0.25) is 0 Å². The summed E-state index contributed by atoms with van der Waals surface area (Å²) >= 11 is 0. The van der Waals surface area contributed by atoms with Crippen LogP contribution in [0.3, 0.4) is 0 Å². The van der Waals surface area contributed by atoms with E-state index >= 15 is 0 Å². The highest BCUT2D eigenvalue weighted by atomic mass is 16.6. The number of rotatable bonds is 3. The highest BCUT2D eigenvalue weighted by Gasteiger charge is 2.39. The quantitative estimate of drug-likeness (QED) is 0.792. The first-order valence-electron chi connectivity index (χ1n) is 6.66. The van der Waals surface area contributed by atoms with Crippen LogP contribution in [0.25, 0.3) is 0 Å². The molecule has 0 aromatic carbocycles. The van der Waals surface area contributed by atoms with Gasteiger partial charge >= 0.3 is 6.09 Å². The van der Waals surface area contributed by atoms with Gasteiger partial charge in [-0.3, -0.25) is 0 Å². The molecule has 4 nitrogen and oxygen atoms in total. The van der Waals surface area contributed by atoms with E-state index in [-0.39, 0.29) is 6.09 Å². The van der Waals surface area contributed by atoms with E-state index in [1.807, 2.05) is 20.8 Å². The molecule has 1 amide bonds. The standard InChI is InChI=1S/C13H24N2O2/c1-13(2,3)17-12(16)15-11(9-4-5-9)10-6-7-14-8-10/h9-11,14H,4-8H2,1-3H3,(H,15,16). The average molecular weight is 240 g/mol. The molecule has 0 aromatic rings. The summed E-state index contributed by atoms with van der Waals surface area (Å²) in [5.74, 6) is 1.25. The molecule has 1 aliphatic heterocycles. The molecule has 0 radical (unpaired) electrons. The van der Waals surface area contributed by atoms with Gasteiger partial charge in [0.1, 0.15) is 5.60 Å². The second-order valence-corrected chi connectivity index (χ2v) is 6.26. The Hall–Kier alpha value is -0.770. The third-order valence-electron chi connectivity index (χ3n) is 3.42. The van der Waals surface area contributed by atoms with Gasteiger partial charge in [-0.2, -0.15) is 0 Å². The molecule has 1 aliphatic carbocycles. The Morgan fingerprint density at radius 1 is 1.29 bits per heavy atom. The lowest BCUT2D eigenvalue weighted by Crippen LogP contribution is -2.45. The van der Waals surface area contributed by atoms with Gasteiger partial charge in [-0.1, -0.05) is 0 Å². The maximum atomic E-state index is 11.8. The number of carbonyl (C=O) groups is 1. The van der Waals surface area contributed by atoms with E-state index in [0.29, 0.717) is 17.9 Å². The highest BCUT2D eigenvalue weighted by Crippen LogP contribution is 2.37. The maximum absolute atomic E-state index is 11.8. The molecule has 1 heterocycles. The molecule has 2 atom stereocenters. The van der Waals surface area contributed by atoms with E-state index < -0.39 is 5.60 Å². The van der Waals surface area contributed by atoms with Crippen molar-refractivity contribution in [3.8, 4) is 0 Å². The molecule has 17 heavy (non-hydrogen) atoms. The molecule has 2 rings (SSSR count). The van der Waals surface area contributed by atoms with Gasteiger partial charge < -0.3 is 15.4 Å². The molecular formula is C13H24N2O2. The van der Waals surface area contributed by atoms with Crippen molar-refractivity contribution in [3.63, 3.8) is 0 Å². The van der Waals surface area contributed by atoms with Crippen LogP contribution in [0.1, 0.15) is 40.0 Å². The average Bonchev–Trinajstić information content (AvgIpc) is 2.87. The summed E-state index contributed by atoms with van der Waals surface area (Å²) in [6.45, 7) is 7.79. The minimum absolute atomic E-state index is 0.263. The van der Waals surface area contributed by atoms with Crippen LogP contribution in [0, 0.1) is 11.8 Å². The smallest absolute Gasteiger partial charge is 0.407 e. The first-order valence-corrected chi connectivity index (χ1v) is 6.66. The lowest BCUT2D eigenvalue weighted by Gasteiger charge is -2.26. The Bertz CT molecular complexity index is 276. The van der Waals surface area contributed by atoms with Crippen LogP contribution in [0.5, 0.6) is 0 Å². The van der Waals surface area contributed by atoms with Crippen LogP contribution in [-0.2, 0) is 4.74 Å². The van der Waals surface area contributed by atoms with E-state index in [1.165, 1.54) is 12.8 Å². The van der Waals surface area contributed by atoms with Crippen molar-refractivity contribution in [1.82, 2.24) is 10.6 Å². The second-order valence-electron chi connectivity index (χ2n) is 6.26. The van der Waals surface area contributed by atoms with Crippen molar-refractivity contribution in [3.05, 3.63) is 0 Å². The molecule has 2 N–H and O–H groups in total. The number of carbonyl (C=O) groups excluding carboxylic acids is 1. The van der Waals surface area contributed by atoms with Crippen LogP contribution in [0.15, 0.2) is 0 Å². The lowest BCUT2D eigenvalue weighted by atomic mass is 9.95. The molecule has 2 aliphatic rings. The second kappa shape index (κ2) is 4.84. The van der Waals surface area contributed by atoms with Crippen molar-refractivity contribution in [2.24, 2.45) is 11.8 Å². The van der Waals surface area contributed by atoms with E-state index in [1.54, 1.807) is 0 Å². The topological polar surface area (TPSA) is 50.4 Å². The predicted molar refractivity (Wildman–Crippen MR) is 66.9 cm³/mol. The number of ether oxygens (including phenoxy) is 1. The molecule has 4 heteroatoms. The summed E-state index contributed by atoms with van der Waals surface area (Å²) in [7, 11) is 0. The number of hydrogen-bond acceptors (Lipinski definition) is 3. The summed E-state index contributed by atoms with van der Waals surface area (Å²) in [5.41, 5.74) is -0.411. The zero-order valence-electron chi connectivity index (χ0n) is 11.1. The Kier molecular flexibility index (Phi) is 3.61. The van der Waals surface area contributed by atoms with Gasteiger partial charge in [-0.25, -0.2) is 4.79 Å². The SMILES string of the molecule is CC(C)(C)OC(=O)NC(C1CC1)C1CCNC1. The summed E-state index contributed by atoms with van der Waals surface area (Å²) < 4.78 is 5.34. The lowest BCUT2D eigenvalue weighted by molar-refractivity contribution is 0.0479. The van der Waals surface area contributed by atoms with E-state index in [2.05, 4.69) is 10.6 Å². The molecule has 1 saturated heterocycles.